The minimum absolute atomic E-state index is 0.0908. The van der Waals surface area contributed by atoms with Crippen LogP contribution < -0.4 is 0 Å². The molecule has 61 heavy (non-hydrogen) atoms. The van der Waals surface area contributed by atoms with Crippen LogP contribution in [-0.4, -0.2) is 98.3 Å². The molecule has 0 amide bonds. The highest BCUT2D eigenvalue weighted by atomic mass is 31.2. The van der Waals surface area contributed by atoms with Crippen molar-refractivity contribution in [2.24, 2.45) is 0 Å². The lowest BCUT2D eigenvalue weighted by Gasteiger charge is -2.41. The maximum Gasteiger partial charge on any atom is 0.472 e. The molecule has 0 heterocycles. The molecule has 1 fully saturated rings. The molecule has 14 heteroatoms. The fourth-order valence-electron chi connectivity index (χ4n) is 6.86. The minimum Gasteiger partial charge on any atom is -0.462 e. The van der Waals surface area contributed by atoms with Gasteiger partial charge >= 0.3 is 19.8 Å². The first kappa shape index (κ1) is 56.8. The number of carbonyl (C=O) groups is 2. The average molecular weight is 887 g/mol. The van der Waals surface area contributed by atoms with E-state index in [1.807, 2.05) is 0 Å². The number of carbonyl (C=O) groups excluding carboxylic acids is 2. The van der Waals surface area contributed by atoms with Gasteiger partial charge in [0, 0.05) is 12.8 Å². The lowest BCUT2D eigenvalue weighted by molar-refractivity contribution is -0.220. The maximum atomic E-state index is 12.8. The third-order valence-corrected chi connectivity index (χ3v) is 11.7. The first-order valence-electron chi connectivity index (χ1n) is 23.4. The molecule has 8 atom stereocenters. The van der Waals surface area contributed by atoms with Crippen LogP contribution in [0.1, 0.15) is 181 Å². The van der Waals surface area contributed by atoms with Crippen molar-refractivity contribution in [1.82, 2.24) is 0 Å². The summed E-state index contributed by atoms with van der Waals surface area (Å²) in [6.45, 7) is 3.24. The number of hydrogen-bond donors (Lipinski definition) is 6. The second-order valence-corrected chi connectivity index (χ2v) is 17.7. The quantitative estimate of drug-likeness (QED) is 0.0148. The highest BCUT2D eigenvalue weighted by molar-refractivity contribution is 7.47. The Morgan fingerprint density at radius 3 is 1.38 bits per heavy atom. The third kappa shape index (κ3) is 29.7. The molecule has 13 nitrogen and oxygen atoms in total. The van der Waals surface area contributed by atoms with Crippen molar-refractivity contribution in [3.63, 3.8) is 0 Å². The van der Waals surface area contributed by atoms with Crippen LogP contribution in [0.5, 0.6) is 0 Å². The smallest absolute Gasteiger partial charge is 0.462 e. The second kappa shape index (κ2) is 37.2. The largest absolute Gasteiger partial charge is 0.472 e. The van der Waals surface area contributed by atoms with E-state index in [2.05, 4.69) is 62.5 Å². The number of aliphatic hydroxyl groups is 5. The Balaban J connectivity index is 2.47. The van der Waals surface area contributed by atoms with Crippen molar-refractivity contribution < 1.29 is 63.1 Å². The van der Waals surface area contributed by atoms with Crippen molar-refractivity contribution >= 4 is 19.8 Å². The summed E-state index contributed by atoms with van der Waals surface area (Å²) < 4.78 is 33.5. The molecule has 0 aliphatic heterocycles. The van der Waals surface area contributed by atoms with Crippen LogP contribution in [0.15, 0.2) is 48.6 Å². The van der Waals surface area contributed by atoms with Gasteiger partial charge in [-0.05, 0) is 57.8 Å². The van der Waals surface area contributed by atoms with Gasteiger partial charge in [0.15, 0.2) is 6.10 Å². The van der Waals surface area contributed by atoms with E-state index in [-0.39, 0.29) is 12.8 Å². The highest BCUT2D eigenvalue weighted by Gasteiger charge is 2.51. The van der Waals surface area contributed by atoms with E-state index in [1.165, 1.54) is 70.6 Å². The Kier molecular flexibility index (Phi) is 34.7. The van der Waals surface area contributed by atoms with Crippen LogP contribution in [0.4, 0.5) is 0 Å². The molecular weight excluding hydrogens is 803 g/mol. The monoisotopic (exact) mass is 887 g/mol. The molecular formula is C47H83O13P. The second-order valence-electron chi connectivity index (χ2n) is 16.3. The number of phosphoric ester groups is 1. The van der Waals surface area contributed by atoms with Crippen molar-refractivity contribution in [1.29, 1.82) is 0 Å². The molecule has 0 spiro atoms. The van der Waals surface area contributed by atoms with E-state index in [9.17, 15) is 44.6 Å². The fourth-order valence-corrected chi connectivity index (χ4v) is 7.83. The number of allylic oxidation sites excluding steroid dienone is 8. The number of ether oxygens (including phenoxy) is 2. The molecule has 1 saturated carbocycles. The third-order valence-electron chi connectivity index (χ3n) is 10.7. The van der Waals surface area contributed by atoms with Gasteiger partial charge in [0.05, 0.1) is 6.61 Å². The standard InChI is InChI=1S/C47H83O13P/c1-3-5-7-9-11-13-15-17-18-19-20-21-22-24-25-27-29-31-33-35-40(48)57-37-39(38-58-61(55,56)60-47-45(53)43(51)42(50)44(52)46(47)54)59-41(49)36-34-32-30-28-26-23-16-14-12-10-8-6-4-2/h11,13,17-18,20-21,24-25,39,42-47,50-54H,3-10,12,14-16,19,22-23,26-38H2,1-2H3,(H,55,56)/t39-,42?,43-,44?,45?,46?,47?/m1/s1. The van der Waals surface area contributed by atoms with Crippen molar-refractivity contribution in [2.45, 2.75) is 224 Å². The molecule has 1 aliphatic rings. The van der Waals surface area contributed by atoms with Crippen molar-refractivity contribution in [3.05, 3.63) is 48.6 Å². The molecule has 0 aromatic heterocycles. The van der Waals surface area contributed by atoms with Gasteiger partial charge in [0.1, 0.15) is 43.2 Å². The normalized spacial score (nSPS) is 22.4. The van der Waals surface area contributed by atoms with Crippen LogP contribution in [-0.2, 0) is 32.7 Å². The Labute approximate surface area is 367 Å². The SMILES string of the molecule is CCCCCC=CCC=CCC=CCC=CCCCCCC(=O)OC[C@H](COP(=O)(O)OC1C(O)C(O)C(O)[C@@H](O)C1O)OC(=O)CCCCCCCCCCCCCCC. The van der Waals surface area contributed by atoms with Crippen molar-refractivity contribution in [2.75, 3.05) is 13.2 Å². The summed E-state index contributed by atoms with van der Waals surface area (Å²) in [5, 5.41) is 50.1. The zero-order valence-corrected chi connectivity index (χ0v) is 38.3. The van der Waals surface area contributed by atoms with Gasteiger partial charge in [-0.1, -0.05) is 159 Å². The van der Waals surface area contributed by atoms with Crippen LogP contribution in [0.2, 0.25) is 0 Å². The Morgan fingerprint density at radius 1 is 0.508 bits per heavy atom. The van der Waals surface area contributed by atoms with Gasteiger partial charge in [0.2, 0.25) is 0 Å². The number of esters is 2. The van der Waals surface area contributed by atoms with E-state index in [1.54, 1.807) is 0 Å². The number of phosphoric acid groups is 1. The zero-order valence-electron chi connectivity index (χ0n) is 37.4. The molecule has 0 aromatic rings. The van der Waals surface area contributed by atoms with Gasteiger partial charge in [-0.25, -0.2) is 4.57 Å². The summed E-state index contributed by atoms with van der Waals surface area (Å²) in [4.78, 5) is 35.7. The summed E-state index contributed by atoms with van der Waals surface area (Å²) in [6, 6.07) is 0. The lowest BCUT2D eigenvalue weighted by atomic mass is 9.85. The van der Waals surface area contributed by atoms with Crippen LogP contribution in [0, 0.1) is 0 Å². The molecule has 0 aromatic carbocycles. The molecule has 0 radical (unpaired) electrons. The first-order valence-corrected chi connectivity index (χ1v) is 24.9. The van der Waals surface area contributed by atoms with Crippen molar-refractivity contribution in [3.8, 4) is 0 Å². The number of rotatable bonds is 38. The van der Waals surface area contributed by atoms with Crippen LogP contribution in [0.3, 0.4) is 0 Å². The highest BCUT2D eigenvalue weighted by Crippen LogP contribution is 2.47. The average Bonchev–Trinajstić information content (AvgIpc) is 3.24. The fraction of sp³-hybridized carbons (Fsp3) is 0.787. The molecule has 1 aliphatic carbocycles. The topological polar surface area (TPSA) is 210 Å². The summed E-state index contributed by atoms with van der Waals surface area (Å²) in [5.41, 5.74) is 0. The van der Waals surface area contributed by atoms with Gasteiger partial charge in [-0.2, -0.15) is 0 Å². The summed E-state index contributed by atoms with van der Waals surface area (Å²) in [6.07, 6.45) is 30.2. The van der Waals surface area contributed by atoms with E-state index < -0.39 is 75.7 Å². The Bertz CT molecular complexity index is 1250. The van der Waals surface area contributed by atoms with E-state index in [4.69, 9.17) is 18.5 Å². The first-order chi connectivity index (χ1) is 29.4. The molecule has 354 valence electrons. The van der Waals surface area contributed by atoms with Crippen LogP contribution in [0.25, 0.3) is 0 Å². The molecule has 0 bridgehead atoms. The summed E-state index contributed by atoms with van der Waals surface area (Å²) in [5.74, 6) is -1.13. The Hall–Kier alpha value is -2.19. The maximum absolute atomic E-state index is 12.8. The minimum atomic E-state index is -5.12. The number of aliphatic hydroxyl groups excluding tert-OH is 5. The predicted octanol–water partition coefficient (Wildman–Crippen LogP) is 9.17. The molecule has 1 rings (SSSR count). The van der Waals surface area contributed by atoms with Crippen LogP contribution >= 0.6 is 7.82 Å². The van der Waals surface area contributed by atoms with Gasteiger partial charge in [-0.3, -0.25) is 18.6 Å². The van der Waals surface area contributed by atoms with Gasteiger partial charge in [0.25, 0.3) is 0 Å². The number of unbranched alkanes of at least 4 members (excludes halogenated alkanes) is 18. The van der Waals surface area contributed by atoms with Gasteiger partial charge in [-0.15, -0.1) is 0 Å². The summed E-state index contributed by atoms with van der Waals surface area (Å²) >= 11 is 0. The molecule has 6 unspecified atom stereocenters. The number of hydrogen-bond acceptors (Lipinski definition) is 12. The summed E-state index contributed by atoms with van der Waals surface area (Å²) in [7, 11) is -5.12. The Morgan fingerprint density at radius 2 is 0.885 bits per heavy atom. The van der Waals surface area contributed by atoms with E-state index in [0.29, 0.717) is 12.8 Å². The molecule has 6 N–H and O–H groups in total. The van der Waals surface area contributed by atoms with Gasteiger partial charge < -0.3 is 39.9 Å². The lowest BCUT2D eigenvalue weighted by Crippen LogP contribution is -2.64. The predicted molar refractivity (Wildman–Crippen MR) is 239 cm³/mol. The van der Waals surface area contributed by atoms with E-state index in [0.717, 1.165) is 70.6 Å². The molecule has 0 saturated heterocycles. The zero-order chi connectivity index (χ0) is 45.0. The van der Waals surface area contributed by atoms with E-state index >= 15 is 0 Å².